The van der Waals surface area contributed by atoms with E-state index in [2.05, 4.69) is 29.9 Å². The zero-order valence-electron chi connectivity index (χ0n) is 11.5. The zero-order chi connectivity index (χ0) is 14.3. The van der Waals surface area contributed by atoms with E-state index in [1.165, 1.54) is 22.6 Å². The predicted octanol–water partition coefficient (Wildman–Crippen LogP) is 5.79. The molecule has 1 aliphatic carbocycles. The first-order chi connectivity index (χ1) is 9.56. The van der Waals surface area contributed by atoms with Gasteiger partial charge < -0.3 is 0 Å². The van der Waals surface area contributed by atoms with Crippen LogP contribution in [0.2, 0.25) is 10.3 Å². The molecule has 3 rings (SSSR count). The Hall–Kier alpha value is -0.640. The van der Waals surface area contributed by atoms with Crippen molar-refractivity contribution >= 4 is 34.5 Å². The van der Waals surface area contributed by atoms with Crippen molar-refractivity contribution < 1.29 is 0 Å². The molecular formula is C15H16Cl2N2S. The molecule has 0 N–H and O–H groups in total. The lowest BCUT2D eigenvalue weighted by Crippen LogP contribution is -2.01. The van der Waals surface area contributed by atoms with Crippen LogP contribution in [0.5, 0.6) is 0 Å². The molecule has 1 fully saturated rings. The van der Waals surface area contributed by atoms with E-state index in [1.807, 2.05) is 0 Å². The summed E-state index contributed by atoms with van der Waals surface area (Å²) < 4.78 is 0. The molecule has 0 spiro atoms. The minimum absolute atomic E-state index is 0.425. The summed E-state index contributed by atoms with van der Waals surface area (Å²) in [4.78, 5) is 11.4. The second kappa shape index (κ2) is 5.63. The highest BCUT2D eigenvalue weighted by atomic mass is 35.5. The highest BCUT2D eigenvalue weighted by Gasteiger charge is 2.25. The van der Waals surface area contributed by atoms with Crippen LogP contribution in [0.4, 0.5) is 0 Å². The second-order valence-corrected chi connectivity index (χ2v) is 7.53. The van der Waals surface area contributed by atoms with E-state index in [4.69, 9.17) is 23.2 Å². The van der Waals surface area contributed by atoms with E-state index < -0.39 is 0 Å². The Morgan fingerprint density at radius 2 is 1.70 bits per heavy atom. The highest BCUT2D eigenvalue weighted by molar-refractivity contribution is 7.12. The molecule has 2 aromatic heterocycles. The fourth-order valence-corrected chi connectivity index (χ4v) is 4.56. The Kier molecular flexibility index (Phi) is 4.02. The van der Waals surface area contributed by atoms with Crippen molar-refractivity contribution in [3.63, 3.8) is 0 Å². The SMILES string of the molecule is Cc1cc(-c2nc(Cl)c(C3CCCC3)c(Cl)n2)c(C)s1. The molecule has 0 amide bonds. The molecule has 0 bridgehead atoms. The average molecular weight is 327 g/mol. The minimum atomic E-state index is 0.425. The Morgan fingerprint density at radius 1 is 1.10 bits per heavy atom. The van der Waals surface area contributed by atoms with Gasteiger partial charge in [0.15, 0.2) is 5.82 Å². The van der Waals surface area contributed by atoms with Gasteiger partial charge in [-0.1, -0.05) is 36.0 Å². The topological polar surface area (TPSA) is 25.8 Å². The molecule has 1 aliphatic rings. The Bertz CT molecular complexity index is 622. The van der Waals surface area contributed by atoms with Crippen LogP contribution in [0.15, 0.2) is 6.07 Å². The standard InChI is InChI=1S/C15H16Cl2N2S/c1-8-7-11(9(2)20-8)15-18-13(16)12(14(17)19-15)10-5-3-4-6-10/h7,10H,3-6H2,1-2H3. The van der Waals surface area contributed by atoms with E-state index in [1.54, 1.807) is 11.3 Å². The Balaban J connectivity index is 2.05. The first-order valence-corrected chi connectivity index (χ1v) is 8.44. The predicted molar refractivity (Wildman–Crippen MR) is 86.0 cm³/mol. The number of nitrogens with zero attached hydrogens (tertiary/aromatic N) is 2. The number of aromatic nitrogens is 2. The average Bonchev–Trinajstić information content (AvgIpc) is 2.98. The molecule has 0 aliphatic heterocycles. The highest BCUT2D eigenvalue weighted by Crippen LogP contribution is 2.41. The summed E-state index contributed by atoms with van der Waals surface area (Å²) in [5.74, 6) is 1.07. The second-order valence-electron chi connectivity index (χ2n) is 5.35. The van der Waals surface area contributed by atoms with Crippen LogP contribution < -0.4 is 0 Å². The summed E-state index contributed by atoms with van der Waals surface area (Å²) >= 11 is 14.5. The van der Waals surface area contributed by atoms with Crippen molar-refractivity contribution in [1.82, 2.24) is 9.97 Å². The number of hydrogen-bond donors (Lipinski definition) is 0. The van der Waals surface area contributed by atoms with Crippen molar-refractivity contribution in [2.75, 3.05) is 0 Å². The molecule has 0 radical (unpaired) electrons. The lowest BCUT2D eigenvalue weighted by Gasteiger charge is -2.13. The lowest BCUT2D eigenvalue weighted by atomic mass is 10.0. The summed E-state index contributed by atoms with van der Waals surface area (Å²) in [6.07, 6.45) is 4.75. The fourth-order valence-electron chi connectivity index (χ4n) is 2.94. The van der Waals surface area contributed by atoms with E-state index in [0.717, 1.165) is 24.0 Å². The molecule has 2 nitrogen and oxygen atoms in total. The number of rotatable bonds is 2. The number of aryl methyl sites for hydroxylation is 2. The van der Waals surface area contributed by atoms with Crippen molar-refractivity contribution in [1.29, 1.82) is 0 Å². The number of thiophene rings is 1. The van der Waals surface area contributed by atoms with Gasteiger partial charge in [0.1, 0.15) is 10.3 Å². The normalized spacial score (nSPS) is 16.0. The molecule has 1 saturated carbocycles. The smallest absolute Gasteiger partial charge is 0.163 e. The van der Waals surface area contributed by atoms with Crippen LogP contribution in [-0.2, 0) is 0 Å². The van der Waals surface area contributed by atoms with Crippen LogP contribution >= 0.6 is 34.5 Å². The minimum Gasteiger partial charge on any atom is -0.216 e. The summed E-state index contributed by atoms with van der Waals surface area (Å²) in [5, 5.41) is 1.05. The molecule has 0 saturated heterocycles. The van der Waals surface area contributed by atoms with Crippen molar-refractivity contribution in [2.45, 2.75) is 45.4 Å². The number of hydrogen-bond acceptors (Lipinski definition) is 3. The first-order valence-electron chi connectivity index (χ1n) is 6.86. The maximum atomic E-state index is 6.39. The molecule has 2 aromatic rings. The van der Waals surface area contributed by atoms with E-state index >= 15 is 0 Å². The summed E-state index contributed by atoms with van der Waals surface area (Å²) in [7, 11) is 0. The number of halogens is 2. The fraction of sp³-hybridized carbons (Fsp3) is 0.467. The van der Waals surface area contributed by atoms with Gasteiger partial charge in [-0.05, 0) is 38.7 Å². The van der Waals surface area contributed by atoms with Gasteiger partial charge in [-0.3, -0.25) is 0 Å². The van der Waals surface area contributed by atoms with Gasteiger partial charge in [0.25, 0.3) is 0 Å². The summed E-state index contributed by atoms with van der Waals surface area (Å²) in [6, 6.07) is 2.09. The van der Waals surface area contributed by atoms with E-state index in [0.29, 0.717) is 22.0 Å². The summed E-state index contributed by atoms with van der Waals surface area (Å²) in [5.41, 5.74) is 1.98. The molecule has 0 unspecified atom stereocenters. The largest absolute Gasteiger partial charge is 0.216 e. The van der Waals surface area contributed by atoms with Gasteiger partial charge in [-0.25, -0.2) is 9.97 Å². The maximum Gasteiger partial charge on any atom is 0.163 e. The molecule has 106 valence electrons. The molecule has 0 atom stereocenters. The molecule has 2 heterocycles. The van der Waals surface area contributed by atoms with Crippen LogP contribution in [-0.4, -0.2) is 9.97 Å². The first kappa shape index (κ1) is 14.3. The third kappa shape index (κ3) is 2.59. The van der Waals surface area contributed by atoms with Crippen molar-refractivity contribution in [3.8, 4) is 11.4 Å². The third-order valence-corrected chi connectivity index (χ3v) is 5.44. The van der Waals surface area contributed by atoms with Gasteiger partial charge in [0.05, 0.1) is 0 Å². The van der Waals surface area contributed by atoms with Crippen molar-refractivity contribution in [2.24, 2.45) is 0 Å². The van der Waals surface area contributed by atoms with Crippen LogP contribution in [0, 0.1) is 13.8 Å². The van der Waals surface area contributed by atoms with E-state index in [9.17, 15) is 0 Å². The molecule has 5 heteroatoms. The third-order valence-electron chi connectivity index (χ3n) is 3.90. The Morgan fingerprint density at radius 3 is 2.20 bits per heavy atom. The lowest BCUT2D eigenvalue weighted by molar-refractivity contribution is 0.715. The monoisotopic (exact) mass is 326 g/mol. The van der Waals surface area contributed by atoms with E-state index in [-0.39, 0.29) is 0 Å². The molecular weight excluding hydrogens is 311 g/mol. The van der Waals surface area contributed by atoms with Crippen LogP contribution in [0.25, 0.3) is 11.4 Å². The maximum absolute atomic E-state index is 6.39. The Labute approximate surface area is 133 Å². The van der Waals surface area contributed by atoms with Crippen molar-refractivity contribution in [3.05, 3.63) is 31.7 Å². The molecule has 0 aromatic carbocycles. The van der Waals surface area contributed by atoms with Gasteiger partial charge in [-0.15, -0.1) is 11.3 Å². The van der Waals surface area contributed by atoms with Gasteiger partial charge in [0.2, 0.25) is 0 Å². The summed E-state index contributed by atoms with van der Waals surface area (Å²) in [6.45, 7) is 4.15. The molecule has 20 heavy (non-hydrogen) atoms. The van der Waals surface area contributed by atoms with Gasteiger partial charge in [-0.2, -0.15) is 0 Å². The zero-order valence-corrected chi connectivity index (χ0v) is 13.9. The van der Waals surface area contributed by atoms with Crippen LogP contribution in [0.1, 0.15) is 46.9 Å². The van der Waals surface area contributed by atoms with Gasteiger partial charge >= 0.3 is 0 Å². The quantitative estimate of drug-likeness (QED) is 0.653. The van der Waals surface area contributed by atoms with Crippen LogP contribution in [0.3, 0.4) is 0 Å². The van der Waals surface area contributed by atoms with Gasteiger partial charge in [0, 0.05) is 20.9 Å².